The first-order valence-electron chi connectivity index (χ1n) is 5.68. The highest BCUT2D eigenvalue weighted by atomic mass is 14.3. The van der Waals surface area contributed by atoms with E-state index in [9.17, 15) is 0 Å². The van der Waals surface area contributed by atoms with E-state index < -0.39 is 0 Å². The molecule has 0 amide bonds. The second-order valence-corrected chi connectivity index (χ2v) is 5.84. The minimum absolute atomic E-state index is 0.0812. The third kappa shape index (κ3) is 3.27. The molecule has 0 aromatic rings. The lowest BCUT2D eigenvalue weighted by molar-refractivity contribution is 0.425. The molecule has 0 aliphatic carbocycles. The van der Waals surface area contributed by atoms with Crippen molar-refractivity contribution in [3.63, 3.8) is 0 Å². The summed E-state index contributed by atoms with van der Waals surface area (Å²) in [6.45, 7) is 7.35. The molecule has 1 heterocycles. The Morgan fingerprint density at radius 2 is 1.87 bits per heavy atom. The van der Waals surface area contributed by atoms with Gasteiger partial charge in [-0.3, -0.25) is 0 Å². The second kappa shape index (κ2) is 4.84. The number of hydrogen-bond donors (Lipinski definition) is 0. The fourth-order valence-corrected chi connectivity index (χ4v) is 2.62. The molecular formula is C6H13B9. The first-order valence-corrected chi connectivity index (χ1v) is 5.68. The van der Waals surface area contributed by atoms with Crippen molar-refractivity contribution in [3.05, 3.63) is 0 Å². The second-order valence-electron chi connectivity index (χ2n) is 5.84. The molecule has 1 rings (SSSR count). The van der Waals surface area contributed by atoms with Crippen LogP contribution in [0, 0.1) is 5.41 Å². The van der Waals surface area contributed by atoms with Gasteiger partial charge in [-0.05, 0) is 5.41 Å². The fourth-order valence-electron chi connectivity index (χ4n) is 2.62. The molecule has 0 nitrogen and oxygen atoms in total. The van der Waals surface area contributed by atoms with Crippen LogP contribution in [0.5, 0.6) is 0 Å². The van der Waals surface area contributed by atoms with Gasteiger partial charge >= 0.3 is 0 Å². The van der Waals surface area contributed by atoms with Crippen LogP contribution >= 0.6 is 0 Å². The van der Waals surface area contributed by atoms with Crippen LogP contribution in [-0.2, 0) is 0 Å². The van der Waals surface area contributed by atoms with Crippen molar-refractivity contribution >= 4 is 63.8 Å². The highest BCUT2D eigenvalue weighted by Crippen LogP contribution is 2.52. The Morgan fingerprint density at radius 3 is 2.13 bits per heavy atom. The average molecular weight is 182 g/mol. The van der Waals surface area contributed by atoms with Gasteiger partial charge in [-0.15, -0.1) is 0 Å². The molecule has 0 saturated carbocycles. The number of rotatable bonds is 4. The summed E-state index contributed by atoms with van der Waals surface area (Å²) in [7, 11) is 23.1. The van der Waals surface area contributed by atoms with Crippen molar-refractivity contribution < 1.29 is 0 Å². The Hall–Kier alpha value is 0.584. The molecule has 9 heteroatoms. The van der Waals surface area contributed by atoms with E-state index in [-0.39, 0.29) is 19.2 Å². The first-order chi connectivity index (χ1) is 6.79. The maximum Gasteiger partial charge on any atom is 0.0934 e. The van der Waals surface area contributed by atoms with Crippen molar-refractivity contribution in [2.45, 2.75) is 32.9 Å². The van der Waals surface area contributed by atoms with Gasteiger partial charge in [-0.2, -0.15) is 0 Å². The zero-order chi connectivity index (χ0) is 11.8. The van der Waals surface area contributed by atoms with E-state index in [1.807, 2.05) is 0 Å². The van der Waals surface area contributed by atoms with Gasteiger partial charge < -0.3 is 0 Å². The van der Waals surface area contributed by atoms with Gasteiger partial charge in [0.05, 0.1) is 6.60 Å². The standard InChI is InChI=1S/C6H13B9/c1-6(2,3)5-4-12(5)15(13(8)9)14(10)11-7/h5,7H,4H2,1-3H3. The summed E-state index contributed by atoms with van der Waals surface area (Å²) < 4.78 is 0. The minimum atomic E-state index is -0.338. The lowest BCUT2D eigenvalue weighted by atomic mass is 8.61. The van der Waals surface area contributed by atoms with Crippen LogP contribution in [0.25, 0.3) is 0 Å². The molecule has 1 aliphatic rings. The SMILES string of the molecule is [B]B([B])B(B([B])[B][BH])B1CC1C(C)(C)C. The highest BCUT2D eigenvalue weighted by molar-refractivity contribution is 7.96. The molecular weight excluding hydrogens is 169 g/mol. The first kappa shape index (κ1) is 13.6. The fraction of sp³-hybridized carbons (Fsp3) is 1.00. The Kier molecular flexibility index (Phi) is 4.40. The van der Waals surface area contributed by atoms with Gasteiger partial charge in [0.15, 0.2) is 0 Å². The van der Waals surface area contributed by atoms with Gasteiger partial charge in [0.25, 0.3) is 0 Å². The predicted molar refractivity (Wildman–Crippen MR) is 81.2 cm³/mol. The molecule has 0 bridgehead atoms. The van der Waals surface area contributed by atoms with Crippen molar-refractivity contribution in [1.82, 2.24) is 0 Å². The lowest BCUT2D eigenvalue weighted by Gasteiger charge is -2.25. The molecule has 15 heavy (non-hydrogen) atoms. The van der Waals surface area contributed by atoms with Crippen LogP contribution in [0.3, 0.4) is 0 Å². The van der Waals surface area contributed by atoms with Crippen molar-refractivity contribution in [3.8, 4) is 0 Å². The van der Waals surface area contributed by atoms with E-state index in [2.05, 4.69) is 28.5 Å². The Labute approximate surface area is 102 Å². The summed E-state index contributed by atoms with van der Waals surface area (Å²) in [5.41, 5.74) is 0.332. The molecule has 64 valence electrons. The number of hydrogen-bond acceptors (Lipinski definition) is 0. The van der Waals surface area contributed by atoms with Crippen LogP contribution in [0.4, 0.5) is 0 Å². The predicted octanol–water partition coefficient (Wildman–Crippen LogP) is -1.36. The van der Waals surface area contributed by atoms with Crippen molar-refractivity contribution in [2.75, 3.05) is 0 Å². The highest BCUT2D eigenvalue weighted by Gasteiger charge is 2.53. The maximum absolute atomic E-state index is 5.99. The molecule has 0 aromatic carbocycles. The molecule has 1 unspecified atom stereocenters. The smallest absolute Gasteiger partial charge is 0.0852 e. The van der Waals surface area contributed by atoms with Gasteiger partial charge in [-0.25, -0.2) is 0 Å². The van der Waals surface area contributed by atoms with E-state index in [0.29, 0.717) is 17.8 Å². The molecule has 0 spiro atoms. The van der Waals surface area contributed by atoms with Gasteiger partial charge in [0, 0.05) is 57.2 Å². The van der Waals surface area contributed by atoms with Crippen LogP contribution in [0.1, 0.15) is 20.8 Å². The summed E-state index contributed by atoms with van der Waals surface area (Å²) in [6.07, 6.45) is 0.949. The Bertz CT molecular complexity index is 211. The minimum Gasteiger partial charge on any atom is -0.0852 e. The molecule has 1 aliphatic heterocycles. The normalized spacial score (nSPS) is 19.7. The summed E-state index contributed by atoms with van der Waals surface area (Å²) in [4.78, 5) is 0. The summed E-state index contributed by atoms with van der Waals surface area (Å²) in [6, 6.07) is 0. The van der Waals surface area contributed by atoms with Crippen LogP contribution in [0.15, 0.2) is 0 Å². The molecule has 1 fully saturated rings. The monoisotopic (exact) mass is 184 g/mol. The van der Waals surface area contributed by atoms with E-state index in [0.717, 1.165) is 0 Å². The van der Waals surface area contributed by atoms with E-state index >= 15 is 0 Å². The van der Waals surface area contributed by atoms with Crippen LogP contribution in [-0.4, -0.2) is 63.8 Å². The lowest BCUT2D eigenvalue weighted by Crippen LogP contribution is -2.59. The zero-order valence-corrected chi connectivity index (χ0v) is 10.1. The summed E-state index contributed by atoms with van der Waals surface area (Å²) >= 11 is 0. The van der Waals surface area contributed by atoms with Gasteiger partial charge in [-0.1, -0.05) is 32.9 Å². The maximum atomic E-state index is 5.99. The van der Waals surface area contributed by atoms with Crippen LogP contribution in [0.2, 0.25) is 12.1 Å². The molecule has 0 aromatic heterocycles. The van der Waals surface area contributed by atoms with Gasteiger partial charge in [0.2, 0.25) is 0 Å². The molecule has 0 N–H and O–H groups in total. The zero-order valence-electron chi connectivity index (χ0n) is 10.1. The van der Waals surface area contributed by atoms with Crippen molar-refractivity contribution in [1.29, 1.82) is 0 Å². The summed E-state index contributed by atoms with van der Waals surface area (Å²) in [5.74, 6) is 0.697. The molecule has 8 radical (unpaired) electrons. The van der Waals surface area contributed by atoms with Gasteiger partial charge in [0.1, 0.15) is 0 Å². The third-order valence-corrected chi connectivity index (χ3v) is 3.61. The summed E-state index contributed by atoms with van der Waals surface area (Å²) in [5, 5.41) is 0. The topological polar surface area (TPSA) is 0 Å². The third-order valence-electron chi connectivity index (χ3n) is 3.61. The van der Waals surface area contributed by atoms with E-state index in [4.69, 9.17) is 23.2 Å². The van der Waals surface area contributed by atoms with E-state index in [1.165, 1.54) is 6.32 Å². The largest absolute Gasteiger partial charge is 0.0934 e. The van der Waals surface area contributed by atoms with E-state index in [1.54, 1.807) is 7.06 Å². The Balaban J connectivity index is 2.62. The molecule has 1 atom stereocenters. The quantitative estimate of drug-likeness (QED) is 0.472. The molecule has 1 saturated heterocycles. The van der Waals surface area contributed by atoms with Crippen molar-refractivity contribution in [2.24, 2.45) is 5.41 Å². The van der Waals surface area contributed by atoms with Crippen LogP contribution < -0.4 is 0 Å². The Morgan fingerprint density at radius 1 is 1.33 bits per heavy atom. The average Bonchev–Trinajstić information content (AvgIpc) is 2.82.